The van der Waals surface area contributed by atoms with Gasteiger partial charge < -0.3 is 23.7 Å². The maximum absolute atomic E-state index is 12.3. The number of carbonyl (C=O) groups excluding carboxylic acids is 3. The van der Waals surface area contributed by atoms with Gasteiger partial charge in [0.15, 0.2) is 0 Å². The Morgan fingerprint density at radius 1 is 0.857 bits per heavy atom. The highest BCUT2D eigenvalue weighted by Gasteiger charge is 2.66. The molecular weight excluding hydrogens is 368 g/mol. The van der Waals surface area contributed by atoms with Crippen molar-refractivity contribution in [3.8, 4) is 0 Å². The van der Waals surface area contributed by atoms with Crippen LogP contribution in [-0.2, 0) is 38.1 Å². The minimum absolute atomic E-state index is 0.180. The molecule has 0 aromatic rings. The van der Waals surface area contributed by atoms with Crippen LogP contribution in [0.2, 0.25) is 0 Å². The third-order valence-electron chi connectivity index (χ3n) is 6.02. The van der Waals surface area contributed by atoms with Crippen molar-refractivity contribution in [2.45, 2.75) is 62.3 Å². The Morgan fingerprint density at radius 2 is 1.29 bits per heavy atom. The van der Waals surface area contributed by atoms with E-state index in [9.17, 15) is 14.4 Å². The Bertz CT molecular complexity index is 648. The number of ether oxygens (including phenoxy) is 5. The Labute approximate surface area is 164 Å². The van der Waals surface area contributed by atoms with E-state index in [1.165, 1.54) is 14.2 Å². The summed E-state index contributed by atoms with van der Waals surface area (Å²) in [4.78, 5) is 35.6. The van der Waals surface area contributed by atoms with Gasteiger partial charge >= 0.3 is 17.9 Å². The number of esters is 3. The van der Waals surface area contributed by atoms with Crippen LogP contribution in [0.4, 0.5) is 0 Å². The minimum atomic E-state index is -0.762. The van der Waals surface area contributed by atoms with Crippen LogP contribution in [-0.4, -0.2) is 62.1 Å². The van der Waals surface area contributed by atoms with Gasteiger partial charge in [-0.2, -0.15) is 0 Å². The first-order chi connectivity index (χ1) is 13.1. The summed E-state index contributed by atoms with van der Waals surface area (Å²) < 4.78 is 27.4. The summed E-state index contributed by atoms with van der Waals surface area (Å²) in [5, 5.41) is 0. The van der Waals surface area contributed by atoms with Gasteiger partial charge in [-0.05, 0) is 32.1 Å². The molecule has 8 nitrogen and oxygen atoms in total. The van der Waals surface area contributed by atoms with Gasteiger partial charge in [0.05, 0.1) is 25.4 Å². The molecule has 0 radical (unpaired) electrons. The Kier molecular flexibility index (Phi) is 5.55. The predicted molar refractivity (Wildman–Crippen MR) is 96.2 cm³/mol. The Hall–Kier alpha value is -1.93. The van der Waals surface area contributed by atoms with Crippen LogP contribution in [0.3, 0.4) is 0 Å². The molecule has 0 heterocycles. The van der Waals surface area contributed by atoms with E-state index in [0.717, 1.165) is 12.8 Å². The van der Waals surface area contributed by atoms with Crippen LogP contribution < -0.4 is 0 Å². The molecular formula is C20H28O8. The summed E-state index contributed by atoms with van der Waals surface area (Å²) in [6, 6.07) is 0. The number of carbonyl (C=O) groups is 3. The highest BCUT2D eigenvalue weighted by Crippen LogP contribution is 2.63. The van der Waals surface area contributed by atoms with Crippen molar-refractivity contribution < 1.29 is 38.1 Å². The largest absolute Gasteiger partial charge is 0.467 e. The highest BCUT2D eigenvalue weighted by molar-refractivity contribution is 5.87. The molecule has 2 unspecified atom stereocenters. The molecule has 0 aromatic carbocycles. The molecule has 0 spiro atoms. The van der Waals surface area contributed by atoms with Crippen LogP contribution in [0.5, 0.6) is 0 Å². The zero-order chi connectivity index (χ0) is 20.6. The summed E-state index contributed by atoms with van der Waals surface area (Å²) in [6.45, 7) is 4.92. The summed E-state index contributed by atoms with van der Waals surface area (Å²) in [5.74, 6) is -1.18. The molecule has 4 rings (SSSR count). The minimum Gasteiger partial charge on any atom is -0.467 e. The van der Waals surface area contributed by atoms with E-state index in [0.29, 0.717) is 31.3 Å². The molecule has 0 amide bonds. The second-order valence-electron chi connectivity index (χ2n) is 8.46. The lowest BCUT2D eigenvalue weighted by molar-refractivity contribution is -0.283. The molecule has 4 fully saturated rings. The number of methoxy groups -OCH3 is 2. The van der Waals surface area contributed by atoms with Gasteiger partial charge in [-0.3, -0.25) is 0 Å². The van der Waals surface area contributed by atoms with E-state index in [4.69, 9.17) is 23.7 Å². The van der Waals surface area contributed by atoms with Gasteiger partial charge in [0.2, 0.25) is 0 Å². The molecule has 8 heteroatoms. The van der Waals surface area contributed by atoms with Crippen LogP contribution in [0.25, 0.3) is 0 Å². The van der Waals surface area contributed by atoms with Gasteiger partial charge in [0, 0.05) is 24.8 Å². The van der Waals surface area contributed by atoms with Gasteiger partial charge in [-0.15, -0.1) is 0 Å². The molecule has 0 N–H and O–H groups in total. The Morgan fingerprint density at radius 3 is 1.71 bits per heavy atom. The first-order valence-corrected chi connectivity index (χ1v) is 9.45. The second kappa shape index (κ2) is 7.48. The first-order valence-electron chi connectivity index (χ1n) is 9.45. The molecule has 0 saturated heterocycles. The van der Waals surface area contributed by atoms with Crippen LogP contribution >= 0.6 is 0 Å². The maximum Gasteiger partial charge on any atom is 0.333 e. The second-order valence-corrected chi connectivity index (χ2v) is 8.46. The summed E-state index contributed by atoms with van der Waals surface area (Å²) in [5.41, 5.74) is -1.77. The van der Waals surface area contributed by atoms with Gasteiger partial charge in [0.25, 0.3) is 0 Å². The van der Waals surface area contributed by atoms with Crippen molar-refractivity contribution in [3.05, 3.63) is 12.2 Å². The van der Waals surface area contributed by atoms with Gasteiger partial charge in [-0.1, -0.05) is 6.58 Å². The molecule has 28 heavy (non-hydrogen) atoms. The van der Waals surface area contributed by atoms with Gasteiger partial charge in [-0.25, -0.2) is 14.4 Å². The van der Waals surface area contributed by atoms with Crippen molar-refractivity contribution in [1.29, 1.82) is 0 Å². The zero-order valence-electron chi connectivity index (χ0n) is 16.7. The molecule has 4 aliphatic carbocycles. The molecule has 4 saturated carbocycles. The molecule has 0 aliphatic heterocycles. The number of hydrogen-bond acceptors (Lipinski definition) is 8. The summed E-state index contributed by atoms with van der Waals surface area (Å²) in [6.07, 6.45) is 3.70. The fourth-order valence-electron chi connectivity index (χ4n) is 5.44. The number of rotatable bonds is 8. The third kappa shape index (κ3) is 4.07. The fourth-order valence-corrected chi connectivity index (χ4v) is 5.44. The Balaban J connectivity index is 1.86. The highest BCUT2D eigenvalue weighted by atomic mass is 16.6. The number of hydrogen-bond donors (Lipinski definition) is 0. The standard InChI is InChI=1S/C20H28O8/c1-13(2)17(23)28-20-7-14-5-18(11-20,26-8-15(21)24-3)10-19(6-14,12-20)27-9-16(22)25-4/h14H,1,5-12H2,2-4H3. The average molecular weight is 396 g/mol. The van der Waals surface area contributed by atoms with Crippen LogP contribution in [0.15, 0.2) is 12.2 Å². The summed E-state index contributed by atoms with van der Waals surface area (Å²) >= 11 is 0. The van der Waals surface area contributed by atoms with E-state index in [2.05, 4.69) is 6.58 Å². The average Bonchev–Trinajstić information content (AvgIpc) is 2.62. The molecule has 4 bridgehead atoms. The van der Waals surface area contributed by atoms with Crippen molar-refractivity contribution in [2.24, 2.45) is 5.92 Å². The summed E-state index contributed by atoms with van der Waals surface area (Å²) in [7, 11) is 2.62. The van der Waals surface area contributed by atoms with Crippen molar-refractivity contribution in [3.63, 3.8) is 0 Å². The third-order valence-corrected chi connectivity index (χ3v) is 6.02. The van der Waals surface area contributed by atoms with Crippen molar-refractivity contribution in [2.75, 3.05) is 27.4 Å². The SMILES string of the molecule is C=C(C)C(=O)OC12CC3CC(OCC(=O)OC)(CC(OCC(=O)OC)(C3)C1)C2. The normalized spacial score (nSPS) is 35.3. The molecule has 156 valence electrons. The lowest BCUT2D eigenvalue weighted by atomic mass is 9.50. The van der Waals surface area contributed by atoms with Crippen molar-refractivity contribution in [1.82, 2.24) is 0 Å². The molecule has 0 aromatic heterocycles. The van der Waals surface area contributed by atoms with Gasteiger partial charge in [0.1, 0.15) is 18.8 Å². The van der Waals surface area contributed by atoms with Crippen LogP contribution in [0.1, 0.15) is 45.4 Å². The predicted octanol–water partition coefficient (Wildman–Crippen LogP) is 1.70. The van der Waals surface area contributed by atoms with Crippen molar-refractivity contribution >= 4 is 17.9 Å². The topological polar surface area (TPSA) is 97.4 Å². The van der Waals surface area contributed by atoms with E-state index in [1.54, 1.807) is 6.92 Å². The zero-order valence-corrected chi connectivity index (χ0v) is 16.7. The monoisotopic (exact) mass is 396 g/mol. The first kappa shape index (κ1) is 20.8. The smallest absolute Gasteiger partial charge is 0.333 e. The lowest BCUT2D eigenvalue weighted by Gasteiger charge is -2.64. The molecule has 4 aliphatic rings. The van der Waals surface area contributed by atoms with E-state index in [1.807, 2.05) is 0 Å². The fraction of sp³-hybridized carbons (Fsp3) is 0.750. The van der Waals surface area contributed by atoms with E-state index in [-0.39, 0.29) is 19.1 Å². The maximum atomic E-state index is 12.3. The quantitative estimate of drug-likeness (QED) is 0.347. The van der Waals surface area contributed by atoms with Crippen LogP contribution in [0, 0.1) is 5.92 Å². The lowest BCUT2D eigenvalue weighted by Crippen LogP contribution is -2.68. The molecule has 2 atom stereocenters. The van der Waals surface area contributed by atoms with E-state index < -0.39 is 34.7 Å². The van der Waals surface area contributed by atoms with E-state index >= 15 is 0 Å².